The van der Waals surface area contributed by atoms with Gasteiger partial charge in [-0.05, 0) is 30.2 Å². The predicted octanol–water partition coefficient (Wildman–Crippen LogP) is 3.50. The summed E-state index contributed by atoms with van der Waals surface area (Å²) >= 11 is 0. The van der Waals surface area contributed by atoms with Crippen molar-refractivity contribution in [2.75, 3.05) is 18.9 Å². The molecule has 0 saturated carbocycles. The van der Waals surface area contributed by atoms with Gasteiger partial charge in [0.2, 0.25) is 0 Å². The number of hydrogen-bond donors (Lipinski definition) is 1. The molecule has 0 aliphatic rings. The summed E-state index contributed by atoms with van der Waals surface area (Å²) < 4.78 is 13.4. The number of ether oxygens (including phenoxy) is 2. The lowest BCUT2D eigenvalue weighted by molar-refractivity contribution is 0.218. The van der Waals surface area contributed by atoms with Gasteiger partial charge >= 0.3 is 0 Å². The van der Waals surface area contributed by atoms with E-state index in [0.717, 1.165) is 22.8 Å². The van der Waals surface area contributed by atoms with Gasteiger partial charge in [-0.1, -0.05) is 19.9 Å². The van der Waals surface area contributed by atoms with Crippen LogP contribution in [0.5, 0.6) is 11.5 Å². The zero-order chi connectivity index (χ0) is 16.2. The summed E-state index contributed by atoms with van der Waals surface area (Å²) in [6.45, 7) is 5.14. The minimum atomic E-state index is 0.384. The van der Waals surface area contributed by atoms with Gasteiger partial charge in [-0.25, -0.2) is 4.98 Å². The molecule has 2 heterocycles. The Bertz CT molecular complexity index is 796. The van der Waals surface area contributed by atoms with Crippen LogP contribution < -0.4 is 15.2 Å². The minimum Gasteiger partial charge on any atom is -0.490 e. The monoisotopic (exact) mass is 311 g/mol. The highest BCUT2D eigenvalue weighted by atomic mass is 16.5. The maximum absolute atomic E-state index is 5.82. The number of fused-ring (bicyclic) bond motifs is 1. The fourth-order valence-corrected chi connectivity index (χ4v) is 2.31. The Kier molecular flexibility index (Phi) is 4.37. The van der Waals surface area contributed by atoms with Crippen LogP contribution in [0.1, 0.15) is 25.5 Å². The number of hydrogen-bond acceptors (Lipinski definition) is 4. The third-order valence-corrected chi connectivity index (χ3v) is 3.52. The molecule has 3 aromatic rings. The molecular weight excluding hydrogens is 290 g/mol. The highest BCUT2D eigenvalue weighted by Gasteiger charge is 2.09. The van der Waals surface area contributed by atoms with Crippen molar-refractivity contribution in [3.8, 4) is 11.5 Å². The van der Waals surface area contributed by atoms with Crippen molar-refractivity contribution >= 4 is 11.3 Å². The first kappa shape index (κ1) is 15.2. The topological polar surface area (TPSA) is 61.8 Å². The van der Waals surface area contributed by atoms with Crippen LogP contribution in [0.4, 0.5) is 5.69 Å². The summed E-state index contributed by atoms with van der Waals surface area (Å²) in [6, 6.07) is 11.2. The number of pyridine rings is 1. The van der Waals surface area contributed by atoms with Gasteiger partial charge < -0.3 is 19.6 Å². The first-order chi connectivity index (χ1) is 11.1. The third kappa shape index (κ3) is 3.56. The summed E-state index contributed by atoms with van der Waals surface area (Å²) in [6.07, 6.45) is 4.01. The van der Waals surface area contributed by atoms with Crippen LogP contribution in [0.15, 0.2) is 48.8 Å². The van der Waals surface area contributed by atoms with E-state index in [1.54, 1.807) is 6.07 Å². The minimum absolute atomic E-state index is 0.384. The first-order valence-electron chi connectivity index (χ1n) is 7.72. The fraction of sp³-hybridized carbons (Fsp3) is 0.278. The molecule has 0 aliphatic carbocycles. The second-order valence-corrected chi connectivity index (χ2v) is 5.69. The number of anilines is 1. The van der Waals surface area contributed by atoms with Gasteiger partial charge in [-0.2, -0.15) is 0 Å². The van der Waals surface area contributed by atoms with E-state index in [2.05, 4.69) is 18.8 Å². The Morgan fingerprint density at radius 2 is 1.96 bits per heavy atom. The molecule has 0 aliphatic heterocycles. The number of benzene rings is 1. The maximum atomic E-state index is 5.82. The van der Waals surface area contributed by atoms with Crippen LogP contribution in [-0.4, -0.2) is 22.6 Å². The first-order valence-corrected chi connectivity index (χ1v) is 7.72. The van der Waals surface area contributed by atoms with Crippen molar-refractivity contribution in [2.24, 2.45) is 0 Å². The normalized spacial score (nSPS) is 11.1. The second-order valence-electron chi connectivity index (χ2n) is 5.69. The highest BCUT2D eigenvalue weighted by Crippen LogP contribution is 2.22. The predicted molar refractivity (Wildman–Crippen MR) is 91.1 cm³/mol. The van der Waals surface area contributed by atoms with Crippen molar-refractivity contribution in [3.05, 3.63) is 54.5 Å². The zero-order valence-electron chi connectivity index (χ0n) is 13.4. The maximum Gasteiger partial charge on any atom is 0.179 e. The number of nitrogen functional groups attached to an aromatic ring is 1. The molecule has 2 N–H and O–H groups in total. The molecule has 5 nitrogen and oxygen atoms in total. The summed E-state index contributed by atoms with van der Waals surface area (Å²) in [5, 5.41) is 0. The van der Waals surface area contributed by atoms with Crippen molar-refractivity contribution in [3.63, 3.8) is 0 Å². The lowest BCUT2D eigenvalue weighted by Crippen LogP contribution is -2.09. The van der Waals surface area contributed by atoms with Gasteiger partial charge in [0, 0.05) is 24.1 Å². The summed E-state index contributed by atoms with van der Waals surface area (Å²) in [5.41, 5.74) is 8.29. The van der Waals surface area contributed by atoms with Crippen LogP contribution in [0.25, 0.3) is 5.65 Å². The van der Waals surface area contributed by atoms with E-state index in [1.165, 1.54) is 0 Å². The van der Waals surface area contributed by atoms with E-state index in [4.69, 9.17) is 15.2 Å². The molecule has 0 amide bonds. The number of aromatic nitrogens is 2. The van der Waals surface area contributed by atoms with Crippen LogP contribution in [-0.2, 0) is 0 Å². The van der Waals surface area contributed by atoms with Crippen LogP contribution >= 0.6 is 0 Å². The van der Waals surface area contributed by atoms with E-state index in [1.807, 2.05) is 47.1 Å². The van der Waals surface area contributed by atoms with Crippen molar-refractivity contribution < 1.29 is 9.47 Å². The Morgan fingerprint density at radius 3 is 2.74 bits per heavy atom. The molecule has 3 rings (SSSR count). The fourth-order valence-electron chi connectivity index (χ4n) is 2.31. The SMILES string of the molecule is CC(C)c1cn2cccc(OCCOc3cccc(N)c3)c2n1. The molecule has 0 radical (unpaired) electrons. The average Bonchev–Trinajstić information content (AvgIpc) is 2.97. The largest absolute Gasteiger partial charge is 0.490 e. The third-order valence-electron chi connectivity index (χ3n) is 3.52. The molecule has 0 atom stereocenters. The highest BCUT2D eigenvalue weighted by molar-refractivity contribution is 5.54. The molecule has 0 fully saturated rings. The van der Waals surface area contributed by atoms with Crippen molar-refractivity contribution in [1.82, 2.24) is 9.38 Å². The van der Waals surface area contributed by atoms with Gasteiger partial charge in [-0.3, -0.25) is 0 Å². The summed E-state index contributed by atoms with van der Waals surface area (Å²) in [5.74, 6) is 1.89. The van der Waals surface area contributed by atoms with Gasteiger partial charge in [0.05, 0.1) is 5.69 Å². The zero-order valence-corrected chi connectivity index (χ0v) is 13.4. The molecule has 0 spiro atoms. The van der Waals surface area contributed by atoms with E-state index >= 15 is 0 Å². The van der Waals surface area contributed by atoms with E-state index in [0.29, 0.717) is 24.8 Å². The Labute approximate surface area is 135 Å². The van der Waals surface area contributed by atoms with Gasteiger partial charge in [-0.15, -0.1) is 0 Å². The Hall–Kier alpha value is -2.69. The van der Waals surface area contributed by atoms with Crippen LogP contribution in [0.3, 0.4) is 0 Å². The number of nitrogens with zero attached hydrogens (tertiary/aromatic N) is 2. The van der Waals surface area contributed by atoms with Gasteiger partial charge in [0.15, 0.2) is 11.4 Å². The van der Waals surface area contributed by atoms with Crippen LogP contribution in [0.2, 0.25) is 0 Å². The molecule has 0 bridgehead atoms. The molecule has 120 valence electrons. The van der Waals surface area contributed by atoms with Crippen LogP contribution in [0, 0.1) is 0 Å². The van der Waals surface area contributed by atoms with Crippen molar-refractivity contribution in [1.29, 1.82) is 0 Å². The quantitative estimate of drug-likeness (QED) is 0.559. The van der Waals surface area contributed by atoms with Gasteiger partial charge in [0.1, 0.15) is 19.0 Å². The lowest BCUT2D eigenvalue weighted by atomic mass is 10.2. The average molecular weight is 311 g/mol. The number of nitrogens with two attached hydrogens (primary N) is 1. The summed E-state index contributed by atoms with van der Waals surface area (Å²) in [7, 11) is 0. The van der Waals surface area contributed by atoms with Crippen molar-refractivity contribution in [2.45, 2.75) is 19.8 Å². The molecule has 1 aromatic carbocycles. The van der Waals surface area contributed by atoms with Gasteiger partial charge in [0.25, 0.3) is 0 Å². The Morgan fingerprint density at radius 1 is 1.13 bits per heavy atom. The number of rotatable bonds is 6. The molecule has 0 unspecified atom stereocenters. The lowest BCUT2D eigenvalue weighted by Gasteiger charge is -2.09. The molecule has 5 heteroatoms. The molecule has 23 heavy (non-hydrogen) atoms. The van der Waals surface area contributed by atoms with E-state index in [9.17, 15) is 0 Å². The molecule has 0 saturated heterocycles. The summed E-state index contributed by atoms with van der Waals surface area (Å²) in [4.78, 5) is 4.64. The smallest absolute Gasteiger partial charge is 0.179 e. The number of imidazole rings is 1. The standard InChI is InChI=1S/C18H21N3O2/c1-13(2)16-12-21-8-4-7-17(18(21)20-16)23-10-9-22-15-6-3-5-14(19)11-15/h3-8,11-13H,9-10,19H2,1-2H3. The molecule has 2 aromatic heterocycles. The molecular formula is C18H21N3O2. The van der Waals surface area contributed by atoms with E-state index in [-0.39, 0.29) is 0 Å². The second kappa shape index (κ2) is 6.60. The Balaban J connectivity index is 1.63. The van der Waals surface area contributed by atoms with E-state index < -0.39 is 0 Å².